The summed E-state index contributed by atoms with van der Waals surface area (Å²) < 4.78 is 4.85. The third kappa shape index (κ3) is 7.53. The molecule has 2 unspecified atom stereocenters. The minimum absolute atomic E-state index is 0.151. The minimum Gasteiger partial charge on any atom is -0.468 e. The number of rotatable bonds is 11. The number of unbranched alkanes of at least 4 members (excludes halogenated alkanes) is 1. The monoisotopic (exact) mass is 272 g/mol. The van der Waals surface area contributed by atoms with Gasteiger partial charge in [0.25, 0.3) is 0 Å². The van der Waals surface area contributed by atoms with Crippen molar-refractivity contribution >= 4 is 5.97 Å². The van der Waals surface area contributed by atoms with Gasteiger partial charge in [0.15, 0.2) is 0 Å². The molecule has 0 saturated carbocycles. The predicted octanol–water partition coefficient (Wildman–Crippen LogP) is 2.43. The van der Waals surface area contributed by atoms with Gasteiger partial charge in [0.05, 0.1) is 7.11 Å². The van der Waals surface area contributed by atoms with E-state index >= 15 is 0 Å². The second-order valence-corrected chi connectivity index (χ2v) is 5.07. The van der Waals surface area contributed by atoms with Crippen LogP contribution >= 0.6 is 0 Å². The first-order chi connectivity index (χ1) is 9.10. The van der Waals surface area contributed by atoms with Gasteiger partial charge in [0.1, 0.15) is 6.04 Å². The Labute approximate surface area is 118 Å². The van der Waals surface area contributed by atoms with Crippen LogP contribution in [0.15, 0.2) is 0 Å². The number of nitrogens with zero attached hydrogens (tertiary/aromatic N) is 1. The van der Waals surface area contributed by atoms with Crippen LogP contribution in [-0.4, -0.2) is 49.7 Å². The lowest BCUT2D eigenvalue weighted by molar-refractivity contribution is -0.143. The Bertz CT molecular complexity index is 234. The Morgan fingerprint density at radius 3 is 2.42 bits per heavy atom. The van der Waals surface area contributed by atoms with E-state index in [9.17, 15) is 4.79 Å². The third-order valence-corrected chi connectivity index (χ3v) is 3.65. The van der Waals surface area contributed by atoms with Gasteiger partial charge in [-0.05, 0) is 39.3 Å². The molecule has 0 fully saturated rings. The van der Waals surface area contributed by atoms with Crippen LogP contribution < -0.4 is 5.32 Å². The lowest BCUT2D eigenvalue weighted by Crippen LogP contribution is -2.42. The van der Waals surface area contributed by atoms with E-state index in [4.69, 9.17) is 4.74 Å². The van der Waals surface area contributed by atoms with Crippen molar-refractivity contribution in [2.24, 2.45) is 0 Å². The largest absolute Gasteiger partial charge is 0.468 e. The van der Waals surface area contributed by atoms with E-state index in [1.165, 1.54) is 20.0 Å². The smallest absolute Gasteiger partial charge is 0.322 e. The molecule has 0 amide bonds. The van der Waals surface area contributed by atoms with E-state index in [1.54, 1.807) is 0 Å². The van der Waals surface area contributed by atoms with Crippen molar-refractivity contribution in [3.05, 3.63) is 0 Å². The number of esters is 1. The topological polar surface area (TPSA) is 41.6 Å². The van der Waals surface area contributed by atoms with E-state index in [1.807, 2.05) is 6.92 Å². The number of carbonyl (C=O) groups excluding carboxylic acids is 1. The molecule has 4 nitrogen and oxygen atoms in total. The molecule has 19 heavy (non-hydrogen) atoms. The molecule has 4 heteroatoms. The van der Waals surface area contributed by atoms with Crippen molar-refractivity contribution in [3.63, 3.8) is 0 Å². The minimum atomic E-state index is -0.178. The molecule has 0 aromatic rings. The molecular weight excluding hydrogens is 240 g/mol. The maximum atomic E-state index is 11.7. The van der Waals surface area contributed by atoms with Crippen LogP contribution in [0.4, 0.5) is 0 Å². The van der Waals surface area contributed by atoms with E-state index < -0.39 is 0 Å². The highest BCUT2D eigenvalue weighted by Gasteiger charge is 2.20. The molecule has 0 aliphatic carbocycles. The number of hydrogen-bond acceptors (Lipinski definition) is 4. The Kier molecular flexibility index (Phi) is 10.9. The van der Waals surface area contributed by atoms with E-state index in [0.29, 0.717) is 6.04 Å². The van der Waals surface area contributed by atoms with Gasteiger partial charge < -0.3 is 15.0 Å². The quantitative estimate of drug-likeness (QED) is 0.587. The second kappa shape index (κ2) is 11.2. The van der Waals surface area contributed by atoms with Crippen molar-refractivity contribution < 1.29 is 9.53 Å². The van der Waals surface area contributed by atoms with Crippen molar-refractivity contribution in [1.29, 1.82) is 0 Å². The van der Waals surface area contributed by atoms with E-state index in [-0.39, 0.29) is 12.0 Å². The molecule has 0 spiro atoms. The number of carbonyl (C=O) groups is 1. The summed E-state index contributed by atoms with van der Waals surface area (Å²) in [5.74, 6) is -0.151. The van der Waals surface area contributed by atoms with Crippen LogP contribution in [-0.2, 0) is 9.53 Å². The molecule has 0 rings (SSSR count). The number of ether oxygens (including phenoxy) is 1. The first-order valence-corrected chi connectivity index (χ1v) is 7.65. The van der Waals surface area contributed by atoms with Crippen LogP contribution in [0.2, 0.25) is 0 Å². The highest BCUT2D eigenvalue weighted by Crippen LogP contribution is 2.08. The van der Waals surface area contributed by atoms with Crippen LogP contribution in [0.1, 0.15) is 53.4 Å². The number of likely N-dealkylation sites (N-methyl/N-ethyl adjacent to an activating group) is 1. The van der Waals surface area contributed by atoms with Gasteiger partial charge in [-0.15, -0.1) is 0 Å². The summed E-state index contributed by atoms with van der Waals surface area (Å²) in [6, 6.07) is 0.398. The van der Waals surface area contributed by atoms with E-state index in [0.717, 1.165) is 32.5 Å². The number of nitrogens with one attached hydrogen (secondary N) is 1. The van der Waals surface area contributed by atoms with Crippen molar-refractivity contribution in [1.82, 2.24) is 10.2 Å². The first-order valence-electron chi connectivity index (χ1n) is 7.65. The maximum absolute atomic E-state index is 11.7. The Morgan fingerprint density at radius 2 is 1.95 bits per heavy atom. The molecule has 0 heterocycles. The van der Waals surface area contributed by atoms with Gasteiger partial charge >= 0.3 is 5.97 Å². The molecule has 0 aromatic carbocycles. The normalized spacial score (nSPS) is 14.4. The average Bonchev–Trinajstić information content (AvgIpc) is 2.44. The summed E-state index contributed by atoms with van der Waals surface area (Å²) in [6.45, 7) is 11.6. The molecule has 2 atom stereocenters. The predicted molar refractivity (Wildman–Crippen MR) is 80.3 cm³/mol. The molecule has 0 aliphatic rings. The van der Waals surface area contributed by atoms with Gasteiger partial charge in [-0.25, -0.2) is 0 Å². The molecule has 0 aliphatic heterocycles. The standard InChI is InChI=1S/C15H32N2O2/c1-6-9-11-17(13(4)7-2)12-10-14(16-8-3)15(18)19-5/h13-14,16H,6-12H2,1-5H3. The molecule has 114 valence electrons. The van der Waals surface area contributed by atoms with Crippen LogP contribution in [0, 0.1) is 0 Å². The fourth-order valence-corrected chi connectivity index (χ4v) is 2.16. The zero-order valence-corrected chi connectivity index (χ0v) is 13.4. The molecule has 0 radical (unpaired) electrons. The fraction of sp³-hybridized carbons (Fsp3) is 0.933. The summed E-state index contributed by atoms with van der Waals surface area (Å²) in [6.07, 6.45) is 4.39. The van der Waals surface area contributed by atoms with E-state index in [2.05, 4.69) is 31.0 Å². The first kappa shape index (κ1) is 18.4. The molecule has 0 saturated heterocycles. The SMILES string of the molecule is CCCCN(CCC(NCC)C(=O)OC)C(C)CC. The highest BCUT2D eigenvalue weighted by atomic mass is 16.5. The molecule has 1 N–H and O–H groups in total. The fourth-order valence-electron chi connectivity index (χ4n) is 2.16. The van der Waals surface area contributed by atoms with Gasteiger partial charge in [0, 0.05) is 12.6 Å². The van der Waals surface area contributed by atoms with Crippen LogP contribution in [0.25, 0.3) is 0 Å². The summed E-state index contributed by atoms with van der Waals surface area (Å²) in [5, 5.41) is 3.20. The van der Waals surface area contributed by atoms with Gasteiger partial charge in [-0.1, -0.05) is 27.2 Å². The lowest BCUT2D eigenvalue weighted by atomic mass is 10.1. The second-order valence-electron chi connectivity index (χ2n) is 5.07. The summed E-state index contributed by atoms with van der Waals surface area (Å²) >= 11 is 0. The van der Waals surface area contributed by atoms with Gasteiger partial charge in [0.2, 0.25) is 0 Å². The lowest BCUT2D eigenvalue weighted by Gasteiger charge is -2.29. The van der Waals surface area contributed by atoms with Crippen LogP contribution in [0.3, 0.4) is 0 Å². The third-order valence-electron chi connectivity index (χ3n) is 3.65. The Morgan fingerprint density at radius 1 is 1.26 bits per heavy atom. The van der Waals surface area contributed by atoms with Crippen molar-refractivity contribution in [2.75, 3.05) is 26.7 Å². The van der Waals surface area contributed by atoms with Gasteiger partial charge in [-0.2, -0.15) is 0 Å². The number of hydrogen-bond donors (Lipinski definition) is 1. The zero-order chi connectivity index (χ0) is 14.7. The van der Waals surface area contributed by atoms with Crippen molar-refractivity contribution in [2.45, 2.75) is 65.5 Å². The van der Waals surface area contributed by atoms with Gasteiger partial charge in [-0.3, -0.25) is 4.79 Å². The molecular formula is C15H32N2O2. The van der Waals surface area contributed by atoms with Crippen LogP contribution in [0.5, 0.6) is 0 Å². The highest BCUT2D eigenvalue weighted by molar-refractivity contribution is 5.75. The molecule has 0 bridgehead atoms. The Hall–Kier alpha value is -0.610. The average molecular weight is 272 g/mol. The zero-order valence-electron chi connectivity index (χ0n) is 13.4. The summed E-state index contributed by atoms with van der Waals surface area (Å²) in [4.78, 5) is 14.1. The Balaban J connectivity index is 4.34. The maximum Gasteiger partial charge on any atom is 0.322 e. The molecule has 0 aromatic heterocycles. The summed E-state index contributed by atoms with van der Waals surface area (Å²) in [7, 11) is 1.45. The number of methoxy groups -OCH3 is 1. The summed E-state index contributed by atoms with van der Waals surface area (Å²) in [5.41, 5.74) is 0. The van der Waals surface area contributed by atoms with Crippen molar-refractivity contribution in [3.8, 4) is 0 Å².